The first-order valence-corrected chi connectivity index (χ1v) is 8.79. The molecule has 0 bridgehead atoms. The molecule has 26 heavy (non-hydrogen) atoms. The molecule has 0 fully saturated rings. The Bertz CT molecular complexity index is 939. The van der Waals surface area contributed by atoms with E-state index in [0.29, 0.717) is 5.56 Å². The number of rotatable bonds is 5. The summed E-state index contributed by atoms with van der Waals surface area (Å²) in [6, 6.07) is 9.36. The number of benzene rings is 1. The van der Waals surface area contributed by atoms with Gasteiger partial charge in [-0.2, -0.15) is 13.2 Å². The molecule has 0 saturated carbocycles. The Labute approximate surface area is 151 Å². The maximum absolute atomic E-state index is 12.9. The number of nitrogens with zero attached hydrogens (tertiary/aromatic N) is 3. The molecule has 0 atom stereocenters. The zero-order valence-electron chi connectivity index (χ0n) is 13.7. The van der Waals surface area contributed by atoms with Crippen molar-refractivity contribution in [3.8, 4) is 0 Å². The highest BCUT2D eigenvalue weighted by molar-refractivity contribution is 7.99. The second-order valence-electron chi connectivity index (χ2n) is 5.37. The van der Waals surface area contributed by atoms with Crippen LogP contribution in [0.15, 0.2) is 47.5 Å². The van der Waals surface area contributed by atoms with E-state index in [9.17, 15) is 18.0 Å². The summed E-state index contributed by atoms with van der Waals surface area (Å²) >= 11 is 1.54. The highest BCUT2D eigenvalue weighted by Crippen LogP contribution is 2.29. The summed E-state index contributed by atoms with van der Waals surface area (Å²) in [5.41, 5.74) is -0.00425. The Kier molecular flexibility index (Phi) is 5.17. The number of alkyl halides is 3. The molecule has 0 spiro atoms. The van der Waals surface area contributed by atoms with E-state index in [1.807, 2.05) is 19.1 Å². The number of amides is 1. The molecular formula is C17H15F3N4OS. The molecule has 1 aromatic carbocycles. The van der Waals surface area contributed by atoms with E-state index in [4.69, 9.17) is 0 Å². The predicted octanol–water partition coefficient (Wildman–Crippen LogP) is 3.79. The van der Waals surface area contributed by atoms with Crippen LogP contribution in [0.2, 0.25) is 0 Å². The van der Waals surface area contributed by atoms with Crippen molar-refractivity contribution in [3.05, 3.63) is 59.5 Å². The second kappa shape index (κ2) is 7.36. The van der Waals surface area contributed by atoms with Crippen LogP contribution in [-0.4, -0.2) is 26.3 Å². The number of fused-ring (bicyclic) bond motifs is 1. The summed E-state index contributed by atoms with van der Waals surface area (Å²) in [7, 11) is 0. The fourth-order valence-corrected chi connectivity index (χ4v) is 3.22. The number of hydrogen-bond donors (Lipinski definition) is 1. The van der Waals surface area contributed by atoms with Crippen molar-refractivity contribution < 1.29 is 18.0 Å². The molecule has 9 heteroatoms. The van der Waals surface area contributed by atoms with Crippen LogP contribution in [0.1, 0.15) is 28.7 Å². The standard InChI is InChI=1S/C17H15F3N4OS/c1-2-26-13-6-4-3-5-12(13)16(25)21-9-15-23-22-14-8-7-11(10-24(14)15)17(18,19)20/h3-8,10H,2,9H2,1H3,(H,21,25). The predicted molar refractivity (Wildman–Crippen MR) is 92.0 cm³/mol. The highest BCUT2D eigenvalue weighted by Gasteiger charge is 2.31. The Balaban J connectivity index is 1.81. The van der Waals surface area contributed by atoms with Gasteiger partial charge in [0.2, 0.25) is 0 Å². The zero-order valence-corrected chi connectivity index (χ0v) is 14.6. The quantitative estimate of drug-likeness (QED) is 0.684. The van der Waals surface area contributed by atoms with Crippen molar-refractivity contribution in [1.29, 1.82) is 0 Å². The number of hydrogen-bond acceptors (Lipinski definition) is 4. The molecule has 1 N–H and O–H groups in total. The molecule has 5 nitrogen and oxygen atoms in total. The van der Waals surface area contributed by atoms with Crippen LogP contribution in [0.5, 0.6) is 0 Å². The van der Waals surface area contributed by atoms with Crippen LogP contribution in [0, 0.1) is 0 Å². The van der Waals surface area contributed by atoms with E-state index in [1.165, 1.54) is 10.5 Å². The van der Waals surface area contributed by atoms with Crippen LogP contribution in [0.4, 0.5) is 13.2 Å². The highest BCUT2D eigenvalue weighted by atomic mass is 32.2. The molecule has 0 saturated heterocycles. The van der Waals surface area contributed by atoms with Gasteiger partial charge in [-0.1, -0.05) is 19.1 Å². The minimum absolute atomic E-state index is 0.0353. The molecule has 3 rings (SSSR count). The molecule has 2 heterocycles. The maximum Gasteiger partial charge on any atom is 0.417 e. The Hall–Kier alpha value is -2.55. The summed E-state index contributed by atoms with van der Waals surface area (Å²) < 4.78 is 39.9. The number of nitrogens with one attached hydrogen (secondary N) is 1. The molecule has 0 aliphatic heterocycles. The summed E-state index contributed by atoms with van der Waals surface area (Å²) in [5, 5.41) is 10.4. The van der Waals surface area contributed by atoms with Crippen molar-refractivity contribution in [2.75, 3.05) is 5.75 Å². The molecule has 1 amide bonds. The molecule has 0 aliphatic carbocycles. The summed E-state index contributed by atoms with van der Waals surface area (Å²) in [6.07, 6.45) is -3.53. The molecule has 0 aliphatic rings. The lowest BCUT2D eigenvalue weighted by Gasteiger charge is -2.09. The fraction of sp³-hybridized carbons (Fsp3) is 0.235. The van der Waals surface area contributed by atoms with Gasteiger partial charge in [-0.25, -0.2) is 0 Å². The van der Waals surface area contributed by atoms with Gasteiger partial charge in [-0.15, -0.1) is 22.0 Å². The monoisotopic (exact) mass is 380 g/mol. The number of carbonyl (C=O) groups excluding carboxylic acids is 1. The molecule has 3 aromatic rings. The van der Waals surface area contributed by atoms with Crippen LogP contribution < -0.4 is 5.32 Å². The van der Waals surface area contributed by atoms with Crippen LogP contribution in [0.25, 0.3) is 5.65 Å². The van der Waals surface area contributed by atoms with Gasteiger partial charge in [-0.05, 0) is 30.0 Å². The van der Waals surface area contributed by atoms with Crippen molar-refractivity contribution >= 4 is 23.3 Å². The minimum Gasteiger partial charge on any atom is -0.345 e. The first-order valence-electron chi connectivity index (χ1n) is 7.81. The first-order chi connectivity index (χ1) is 12.4. The number of halogens is 3. The average Bonchev–Trinajstić information content (AvgIpc) is 3.02. The van der Waals surface area contributed by atoms with Crippen LogP contribution in [0.3, 0.4) is 0 Å². The van der Waals surface area contributed by atoms with Gasteiger partial charge in [0, 0.05) is 11.1 Å². The van der Waals surface area contributed by atoms with Crippen LogP contribution >= 0.6 is 11.8 Å². The lowest BCUT2D eigenvalue weighted by Crippen LogP contribution is -2.24. The van der Waals surface area contributed by atoms with E-state index >= 15 is 0 Å². The van der Waals surface area contributed by atoms with E-state index in [-0.39, 0.29) is 23.9 Å². The van der Waals surface area contributed by atoms with E-state index in [2.05, 4.69) is 15.5 Å². The van der Waals surface area contributed by atoms with E-state index in [1.54, 1.807) is 23.9 Å². The number of carbonyl (C=O) groups is 1. The third-order valence-corrected chi connectivity index (χ3v) is 4.59. The van der Waals surface area contributed by atoms with Gasteiger partial charge in [0.05, 0.1) is 17.7 Å². The summed E-state index contributed by atoms with van der Waals surface area (Å²) in [5.74, 6) is 0.727. The minimum atomic E-state index is -4.46. The van der Waals surface area contributed by atoms with Crippen molar-refractivity contribution in [1.82, 2.24) is 19.9 Å². The largest absolute Gasteiger partial charge is 0.417 e. The topological polar surface area (TPSA) is 59.3 Å². The van der Waals surface area contributed by atoms with Gasteiger partial charge >= 0.3 is 6.18 Å². The van der Waals surface area contributed by atoms with Gasteiger partial charge in [0.25, 0.3) is 5.91 Å². The van der Waals surface area contributed by atoms with Gasteiger partial charge in [-0.3, -0.25) is 9.20 Å². The van der Waals surface area contributed by atoms with E-state index < -0.39 is 11.7 Å². The molecule has 2 aromatic heterocycles. The SMILES string of the molecule is CCSc1ccccc1C(=O)NCc1nnc2ccc(C(F)(F)F)cn12. The lowest BCUT2D eigenvalue weighted by atomic mass is 10.2. The molecule has 0 unspecified atom stereocenters. The average molecular weight is 380 g/mol. The van der Waals surface area contributed by atoms with Crippen molar-refractivity contribution in [2.24, 2.45) is 0 Å². The molecule has 0 radical (unpaired) electrons. The smallest absolute Gasteiger partial charge is 0.345 e. The first kappa shape index (κ1) is 18.2. The van der Waals surface area contributed by atoms with Crippen molar-refractivity contribution in [3.63, 3.8) is 0 Å². The van der Waals surface area contributed by atoms with Gasteiger partial charge in [0.1, 0.15) is 0 Å². The molecule has 136 valence electrons. The maximum atomic E-state index is 12.9. The lowest BCUT2D eigenvalue weighted by molar-refractivity contribution is -0.137. The summed E-state index contributed by atoms with van der Waals surface area (Å²) in [6.45, 7) is 1.95. The Morgan fingerprint density at radius 1 is 1.19 bits per heavy atom. The number of aromatic nitrogens is 3. The molecular weight excluding hydrogens is 365 g/mol. The Morgan fingerprint density at radius 3 is 2.69 bits per heavy atom. The summed E-state index contributed by atoms with van der Waals surface area (Å²) in [4.78, 5) is 13.3. The van der Waals surface area contributed by atoms with Crippen molar-refractivity contribution in [2.45, 2.75) is 24.5 Å². The van der Waals surface area contributed by atoms with Gasteiger partial charge < -0.3 is 5.32 Å². The fourth-order valence-electron chi connectivity index (χ4n) is 2.42. The van der Waals surface area contributed by atoms with Crippen LogP contribution in [-0.2, 0) is 12.7 Å². The zero-order chi connectivity index (χ0) is 18.7. The van der Waals surface area contributed by atoms with E-state index in [0.717, 1.165) is 22.9 Å². The number of pyridine rings is 1. The second-order valence-corrected chi connectivity index (χ2v) is 6.68. The third-order valence-electron chi connectivity index (χ3n) is 3.64. The normalized spacial score (nSPS) is 11.7. The Morgan fingerprint density at radius 2 is 1.96 bits per heavy atom. The van der Waals surface area contributed by atoms with Gasteiger partial charge in [0.15, 0.2) is 11.5 Å². The number of thioether (sulfide) groups is 1. The third kappa shape index (κ3) is 3.82.